The summed E-state index contributed by atoms with van der Waals surface area (Å²) in [6, 6.07) is 0. The molecular formula is C7H9BrN4O2. The van der Waals surface area contributed by atoms with Crippen molar-refractivity contribution >= 4 is 27.3 Å². The molecule has 1 heterocycles. The standard InChI is InChI=1S/C7H9BrN4O2/c1-11(2)10-7-5(8)3-9-4-6(7)12(13)14/h3-4H,1-2H3,(H,9,10). The lowest BCUT2D eigenvalue weighted by Crippen LogP contribution is -2.20. The Morgan fingerprint density at radius 3 is 2.71 bits per heavy atom. The van der Waals surface area contributed by atoms with Crippen LogP contribution in [0.1, 0.15) is 0 Å². The minimum atomic E-state index is -0.483. The smallest absolute Gasteiger partial charge is 0.312 e. The van der Waals surface area contributed by atoms with Crippen molar-refractivity contribution in [2.45, 2.75) is 0 Å². The van der Waals surface area contributed by atoms with E-state index in [-0.39, 0.29) is 5.69 Å². The molecule has 0 aliphatic carbocycles. The zero-order valence-electron chi connectivity index (χ0n) is 7.69. The van der Waals surface area contributed by atoms with Crippen molar-refractivity contribution in [2.75, 3.05) is 19.5 Å². The summed E-state index contributed by atoms with van der Waals surface area (Å²) in [5.41, 5.74) is 3.16. The fourth-order valence-electron chi connectivity index (χ4n) is 0.897. The van der Waals surface area contributed by atoms with Crippen LogP contribution >= 0.6 is 15.9 Å². The van der Waals surface area contributed by atoms with Gasteiger partial charge in [-0.1, -0.05) is 0 Å². The molecule has 1 rings (SSSR count). The zero-order chi connectivity index (χ0) is 10.7. The Labute approximate surface area is 89.2 Å². The highest BCUT2D eigenvalue weighted by atomic mass is 79.9. The van der Waals surface area contributed by atoms with Gasteiger partial charge in [0.05, 0.1) is 9.40 Å². The molecule has 0 aliphatic rings. The molecule has 6 nitrogen and oxygen atoms in total. The molecule has 0 bridgehead atoms. The number of hydrogen-bond acceptors (Lipinski definition) is 5. The van der Waals surface area contributed by atoms with Gasteiger partial charge in [-0.05, 0) is 15.9 Å². The van der Waals surface area contributed by atoms with Gasteiger partial charge in [-0.2, -0.15) is 0 Å². The summed E-state index contributed by atoms with van der Waals surface area (Å²) in [4.78, 5) is 13.9. The van der Waals surface area contributed by atoms with Gasteiger partial charge in [-0.25, -0.2) is 5.01 Å². The fourth-order valence-corrected chi connectivity index (χ4v) is 1.31. The number of anilines is 1. The van der Waals surface area contributed by atoms with Gasteiger partial charge in [-0.15, -0.1) is 0 Å². The number of nitrogens with one attached hydrogen (secondary N) is 1. The Bertz CT molecular complexity index is 356. The van der Waals surface area contributed by atoms with Crippen molar-refractivity contribution in [2.24, 2.45) is 0 Å². The van der Waals surface area contributed by atoms with Crippen molar-refractivity contribution in [3.05, 3.63) is 27.0 Å². The van der Waals surface area contributed by atoms with Crippen molar-refractivity contribution in [1.29, 1.82) is 0 Å². The van der Waals surface area contributed by atoms with Crippen LogP contribution in [0, 0.1) is 10.1 Å². The van der Waals surface area contributed by atoms with Gasteiger partial charge in [0.25, 0.3) is 0 Å². The Morgan fingerprint density at radius 2 is 2.21 bits per heavy atom. The van der Waals surface area contributed by atoms with Crippen molar-refractivity contribution in [3.63, 3.8) is 0 Å². The van der Waals surface area contributed by atoms with E-state index in [1.165, 1.54) is 12.4 Å². The maximum atomic E-state index is 10.6. The first-order chi connectivity index (χ1) is 6.52. The average Bonchev–Trinajstić information content (AvgIpc) is 2.07. The van der Waals surface area contributed by atoms with Crippen LogP contribution in [0.3, 0.4) is 0 Å². The van der Waals surface area contributed by atoms with Crippen LogP contribution in [0.5, 0.6) is 0 Å². The number of aromatic nitrogens is 1. The van der Waals surface area contributed by atoms with E-state index < -0.39 is 4.92 Å². The summed E-state index contributed by atoms with van der Waals surface area (Å²) < 4.78 is 0.556. The number of halogens is 1. The van der Waals surface area contributed by atoms with Crippen LogP contribution in [-0.4, -0.2) is 29.0 Å². The highest BCUT2D eigenvalue weighted by Gasteiger charge is 2.17. The lowest BCUT2D eigenvalue weighted by Gasteiger charge is -2.14. The minimum Gasteiger partial charge on any atom is -0.312 e. The predicted octanol–water partition coefficient (Wildman–Crippen LogP) is 1.64. The molecule has 0 amide bonds. The van der Waals surface area contributed by atoms with Crippen molar-refractivity contribution in [3.8, 4) is 0 Å². The summed E-state index contributed by atoms with van der Waals surface area (Å²) in [6.07, 6.45) is 2.70. The van der Waals surface area contributed by atoms with Gasteiger partial charge in [-0.3, -0.25) is 15.1 Å². The lowest BCUT2D eigenvalue weighted by molar-refractivity contribution is -0.384. The SMILES string of the molecule is CN(C)Nc1c(Br)cncc1[N+](=O)[O-]. The molecule has 0 saturated heterocycles. The molecule has 0 fully saturated rings. The topological polar surface area (TPSA) is 71.3 Å². The van der Waals surface area contributed by atoms with Gasteiger partial charge in [0.1, 0.15) is 11.9 Å². The zero-order valence-corrected chi connectivity index (χ0v) is 9.28. The number of nitrogens with zero attached hydrogens (tertiary/aromatic N) is 3. The third-order valence-electron chi connectivity index (χ3n) is 1.41. The van der Waals surface area contributed by atoms with E-state index >= 15 is 0 Å². The first kappa shape index (κ1) is 10.9. The third kappa shape index (κ3) is 2.39. The highest BCUT2D eigenvalue weighted by molar-refractivity contribution is 9.10. The monoisotopic (exact) mass is 260 g/mol. The second-order valence-corrected chi connectivity index (χ2v) is 3.63. The number of nitro groups is 1. The molecular weight excluding hydrogens is 252 g/mol. The van der Waals surface area contributed by atoms with Crippen LogP contribution in [0.2, 0.25) is 0 Å². The van der Waals surface area contributed by atoms with Crippen LogP contribution in [0.15, 0.2) is 16.9 Å². The molecule has 0 saturated carbocycles. The first-order valence-electron chi connectivity index (χ1n) is 3.74. The van der Waals surface area contributed by atoms with Crippen LogP contribution in [-0.2, 0) is 0 Å². The Hall–Kier alpha value is -1.21. The summed E-state index contributed by atoms with van der Waals surface area (Å²) in [5.74, 6) is 0. The van der Waals surface area contributed by atoms with E-state index in [9.17, 15) is 10.1 Å². The molecule has 0 atom stereocenters. The van der Waals surface area contributed by atoms with Gasteiger partial charge < -0.3 is 5.43 Å². The van der Waals surface area contributed by atoms with E-state index in [0.29, 0.717) is 10.2 Å². The second-order valence-electron chi connectivity index (χ2n) is 2.78. The molecule has 14 heavy (non-hydrogen) atoms. The maximum Gasteiger partial charge on any atom is 0.312 e. The Morgan fingerprint density at radius 1 is 1.57 bits per heavy atom. The molecule has 1 aromatic heterocycles. The first-order valence-corrected chi connectivity index (χ1v) is 4.53. The molecule has 0 unspecified atom stereocenters. The normalized spacial score (nSPS) is 10.3. The average molecular weight is 261 g/mol. The molecule has 7 heteroatoms. The number of pyridine rings is 1. The molecule has 1 N–H and O–H groups in total. The highest BCUT2D eigenvalue weighted by Crippen LogP contribution is 2.30. The number of hydrogen-bond donors (Lipinski definition) is 1. The fraction of sp³-hybridized carbons (Fsp3) is 0.286. The van der Waals surface area contributed by atoms with Gasteiger partial charge in [0.15, 0.2) is 0 Å². The van der Waals surface area contributed by atoms with Gasteiger partial charge in [0, 0.05) is 20.3 Å². The number of rotatable bonds is 3. The van der Waals surface area contributed by atoms with Crippen LogP contribution in [0.4, 0.5) is 11.4 Å². The summed E-state index contributed by atoms with van der Waals surface area (Å²) >= 11 is 3.19. The van der Waals surface area contributed by atoms with Crippen LogP contribution < -0.4 is 5.43 Å². The maximum absolute atomic E-state index is 10.6. The van der Waals surface area contributed by atoms with E-state index in [4.69, 9.17) is 0 Å². The summed E-state index contributed by atoms with van der Waals surface area (Å²) in [5, 5.41) is 12.3. The molecule has 0 radical (unpaired) electrons. The van der Waals surface area contributed by atoms with E-state index in [1.54, 1.807) is 19.1 Å². The molecule has 0 spiro atoms. The summed E-state index contributed by atoms with van der Waals surface area (Å²) in [7, 11) is 3.49. The molecule has 1 aromatic rings. The third-order valence-corrected chi connectivity index (χ3v) is 2.01. The lowest BCUT2D eigenvalue weighted by atomic mass is 10.3. The van der Waals surface area contributed by atoms with Gasteiger partial charge >= 0.3 is 5.69 Å². The van der Waals surface area contributed by atoms with Gasteiger partial charge in [0.2, 0.25) is 0 Å². The van der Waals surface area contributed by atoms with E-state index in [1.807, 2.05) is 0 Å². The molecule has 0 aromatic carbocycles. The molecule has 0 aliphatic heterocycles. The van der Waals surface area contributed by atoms with E-state index in [2.05, 4.69) is 26.3 Å². The summed E-state index contributed by atoms with van der Waals surface area (Å²) in [6.45, 7) is 0. The van der Waals surface area contributed by atoms with Crippen LogP contribution in [0.25, 0.3) is 0 Å². The quantitative estimate of drug-likeness (QED) is 0.661. The predicted molar refractivity (Wildman–Crippen MR) is 55.9 cm³/mol. The Kier molecular flexibility index (Phi) is 3.37. The number of hydrazine groups is 1. The minimum absolute atomic E-state index is 0.0620. The van der Waals surface area contributed by atoms with E-state index in [0.717, 1.165) is 0 Å². The molecule has 76 valence electrons. The second kappa shape index (κ2) is 4.34. The Balaban J connectivity index is 3.15. The van der Waals surface area contributed by atoms with Crippen molar-refractivity contribution < 1.29 is 4.92 Å². The van der Waals surface area contributed by atoms with Crippen molar-refractivity contribution in [1.82, 2.24) is 9.99 Å². The largest absolute Gasteiger partial charge is 0.312 e.